The van der Waals surface area contributed by atoms with Crippen molar-refractivity contribution >= 4 is 23.0 Å². The molecule has 174 valence electrons. The Morgan fingerprint density at radius 2 is 1.82 bits per heavy atom. The van der Waals surface area contributed by atoms with Gasteiger partial charge in [-0.05, 0) is 43.4 Å². The first-order chi connectivity index (χ1) is 16.2. The second-order valence-electron chi connectivity index (χ2n) is 8.09. The minimum absolute atomic E-state index is 0.0166. The molecule has 7 nitrogen and oxygen atoms in total. The van der Waals surface area contributed by atoms with Gasteiger partial charge >= 0.3 is 12.1 Å². The van der Waals surface area contributed by atoms with Crippen LogP contribution in [0.5, 0.6) is 0 Å². The lowest BCUT2D eigenvalue weighted by Crippen LogP contribution is -2.39. The average Bonchev–Trinajstić information content (AvgIpc) is 3.13. The number of nitrogens with one attached hydrogen (secondary N) is 1. The molecule has 4 rings (SSSR count). The minimum Gasteiger partial charge on any atom is -0.465 e. The third-order valence-electron chi connectivity index (χ3n) is 5.86. The normalized spacial score (nSPS) is 15.1. The number of carbonyl (C=O) groups is 2. The van der Waals surface area contributed by atoms with Gasteiger partial charge in [0.2, 0.25) is 0 Å². The van der Waals surface area contributed by atoms with Crippen molar-refractivity contribution in [3.8, 4) is 0 Å². The number of alkyl carbamates (subject to hydrolysis) is 1. The number of esters is 1. The van der Waals surface area contributed by atoms with Gasteiger partial charge in [0.15, 0.2) is 0 Å². The summed E-state index contributed by atoms with van der Waals surface area (Å²) < 4.78 is 18.1. The summed E-state index contributed by atoms with van der Waals surface area (Å²) in [6.45, 7) is 3.42. The molecule has 1 heterocycles. The van der Waals surface area contributed by atoms with Gasteiger partial charge in [-0.15, -0.1) is 0 Å². The molecule has 33 heavy (non-hydrogen) atoms. The Morgan fingerprint density at radius 1 is 1.03 bits per heavy atom. The number of rotatable bonds is 9. The molecular formula is C26H30N2O5. The molecule has 7 heteroatoms. The summed E-state index contributed by atoms with van der Waals surface area (Å²) in [7, 11) is 0. The number of carbonyl (C=O) groups excluding carboxylic acids is 2. The second kappa shape index (κ2) is 11.0. The molecule has 0 fully saturated rings. The Balaban J connectivity index is 1.31. The molecule has 1 aliphatic carbocycles. The smallest absolute Gasteiger partial charge is 0.407 e. The number of nitrogens with zero attached hydrogens (tertiary/aromatic N) is 1. The van der Waals surface area contributed by atoms with E-state index in [0.717, 1.165) is 35.0 Å². The van der Waals surface area contributed by atoms with Gasteiger partial charge in [-0.25, -0.2) is 4.79 Å². The lowest BCUT2D eigenvalue weighted by atomic mass is 9.91. The molecule has 0 aliphatic heterocycles. The van der Waals surface area contributed by atoms with Crippen LogP contribution in [-0.2, 0) is 45.0 Å². The van der Waals surface area contributed by atoms with Crippen molar-refractivity contribution in [2.45, 2.75) is 45.4 Å². The molecule has 1 amide bonds. The maximum atomic E-state index is 12.3. The highest BCUT2D eigenvalue weighted by Gasteiger charge is 2.27. The Hall–Kier alpha value is -3.32. The van der Waals surface area contributed by atoms with Crippen LogP contribution in [0.2, 0.25) is 0 Å². The number of hydrogen-bond acceptors (Lipinski definition) is 5. The zero-order chi connectivity index (χ0) is 23.0. The van der Waals surface area contributed by atoms with Crippen molar-refractivity contribution in [2.75, 3.05) is 19.8 Å². The van der Waals surface area contributed by atoms with Gasteiger partial charge < -0.3 is 24.1 Å². The Labute approximate surface area is 193 Å². The number of amides is 1. The summed E-state index contributed by atoms with van der Waals surface area (Å²) in [5.41, 5.74) is 4.43. The summed E-state index contributed by atoms with van der Waals surface area (Å²) in [6, 6.07) is 17.9. The van der Waals surface area contributed by atoms with Crippen LogP contribution < -0.4 is 5.32 Å². The summed E-state index contributed by atoms with van der Waals surface area (Å²) in [5, 5.41) is 4.10. The number of hydrogen-bond donors (Lipinski definition) is 1. The molecule has 0 spiro atoms. The Morgan fingerprint density at radius 3 is 2.64 bits per heavy atom. The minimum atomic E-state index is -0.429. The van der Waals surface area contributed by atoms with Crippen LogP contribution in [0, 0.1) is 0 Å². The predicted molar refractivity (Wildman–Crippen MR) is 125 cm³/mol. The molecule has 1 aliphatic rings. The molecule has 0 unspecified atom stereocenters. The number of aromatic nitrogens is 1. The summed E-state index contributed by atoms with van der Waals surface area (Å²) in [4.78, 5) is 24.4. The van der Waals surface area contributed by atoms with E-state index in [2.05, 4.69) is 16.0 Å². The first-order valence-electron chi connectivity index (χ1n) is 11.4. The van der Waals surface area contributed by atoms with Gasteiger partial charge in [0.25, 0.3) is 0 Å². The van der Waals surface area contributed by atoms with Crippen LogP contribution in [0.1, 0.15) is 30.2 Å². The zero-order valence-electron chi connectivity index (χ0n) is 18.9. The first kappa shape index (κ1) is 22.9. The van der Waals surface area contributed by atoms with Gasteiger partial charge in [-0.2, -0.15) is 0 Å². The monoisotopic (exact) mass is 450 g/mol. The molecule has 2 aromatic carbocycles. The molecule has 3 aromatic rings. The zero-order valence-corrected chi connectivity index (χ0v) is 18.9. The van der Waals surface area contributed by atoms with Gasteiger partial charge in [-0.1, -0.05) is 48.5 Å². The molecule has 0 saturated carbocycles. The Bertz CT molecular complexity index is 1090. The number of para-hydroxylation sites is 1. The molecule has 0 saturated heterocycles. The van der Waals surface area contributed by atoms with Gasteiger partial charge in [-0.3, -0.25) is 4.79 Å². The van der Waals surface area contributed by atoms with Crippen LogP contribution >= 0.6 is 0 Å². The molecule has 0 bridgehead atoms. The van der Waals surface area contributed by atoms with E-state index >= 15 is 0 Å². The van der Waals surface area contributed by atoms with Crippen LogP contribution in [-0.4, -0.2) is 42.5 Å². The van der Waals surface area contributed by atoms with E-state index in [4.69, 9.17) is 14.2 Å². The third-order valence-corrected chi connectivity index (χ3v) is 5.86. The predicted octanol–water partition coefficient (Wildman–Crippen LogP) is 4.00. The van der Waals surface area contributed by atoms with Crippen LogP contribution in [0.3, 0.4) is 0 Å². The van der Waals surface area contributed by atoms with Crippen molar-refractivity contribution < 1.29 is 23.8 Å². The number of ether oxygens (including phenoxy) is 3. The van der Waals surface area contributed by atoms with Gasteiger partial charge in [0.1, 0.15) is 13.2 Å². The van der Waals surface area contributed by atoms with E-state index in [1.807, 2.05) is 55.5 Å². The van der Waals surface area contributed by atoms with E-state index in [1.54, 1.807) is 0 Å². The third kappa shape index (κ3) is 5.73. The standard InChI is InChI=1S/C26H30N2O5/c1-2-32-25(29)17-28-23-11-7-6-10-21(23)22-16-20(12-13-24(22)28)27-26(30)33-15-14-31-18-19-8-4-3-5-9-19/h3-11,20H,2,12-18H2,1H3,(H,27,30)/t20-/m0/s1. The SMILES string of the molecule is CCOC(=O)Cn1c2c(c3ccccc31)C[C@@H](NC(=O)OCCOCc1ccccc1)CC2. The van der Waals surface area contributed by atoms with Crippen molar-refractivity contribution in [3.05, 3.63) is 71.4 Å². The fraction of sp³-hybridized carbons (Fsp3) is 0.385. The van der Waals surface area contributed by atoms with Crippen molar-refractivity contribution in [1.29, 1.82) is 0 Å². The van der Waals surface area contributed by atoms with Crippen molar-refractivity contribution in [2.24, 2.45) is 0 Å². The fourth-order valence-electron chi connectivity index (χ4n) is 4.41. The fourth-order valence-corrected chi connectivity index (χ4v) is 4.41. The molecule has 1 aromatic heterocycles. The lowest BCUT2D eigenvalue weighted by molar-refractivity contribution is -0.143. The second-order valence-corrected chi connectivity index (χ2v) is 8.09. The Kier molecular flexibility index (Phi) is 7.62. The summed E-state index contributed by atoms with van der Waals surface area (Å²) in [5.74, 6) is -0.237. The van der Waals surface area contributed by atoms with E-state index in [9.17, 15) is 9.59 Å². The number of benzene rings is 2. The maximum absolute atomic E-state index is 12.3. The highest BCUT2D eigenvalue weighted by molar-refractivity contribution is 5.87. The van der Waals surface area contributed by atoms with Gasteiger partial charge in [0.05, 0.1) is 19.8 Å². The highest BCUT2D eigenvalue weighted by Crippen LogP contribution is 2.32. The first-order valence-corrected chi connectivity index (χ1v) is 11.4. The maximum Gasteiger partial charge on any atom is 0.407 e. The molecule has 1 atom stereocenters. The molecule has 1 N–H and O–H groups in total. The van der Waals surface area contributed by atoms with Crippen LogP contribution in [0.4, 0.5) is 4.79 Å². The highest BCUT2D eigenvalue weighted by atomic mass is 16.6. The topological polar surface area (TPSA) is 78.8 Å². The van der Waals surface area contributed by atoms with E-state index in [0.29, 0.717) is 26.2 Å². The summed E-state index contributed by atoms with van der Waals surface area (Å²) in [6.07, 6.45) is 1.83. The molecular weight excluding hydrogens is 420 g/mol. The largest absolute Gasteiger partial charge is 0.465 e. The average molecular weight is 451 g/mol. The molecule has 0 radical (unpaired) electrons. The van der Waals surface area contributed by atoms with Crippen molar-refractivity contribution in [3.63, 3.8) is 0 Å². The lowest BCUT2D eigenvalue weighted by Gasteiger charge is -2.24. The van der Waals surface area contributed by atoms with Crippen LogP contribution in [0.15, 0.2) is 54.6 Å². The quantitative estimate of drug-likeness (QED) is 0.394. The van der Waals surface area contributed by atoms with E-state index in [-0.39, 0.29) is 25.2 Å². The van der Waals surface area contributed by atoms with Gasteiger partial charge in [0, 0.05) is 22.6 Å². The number of fused-ring (bicyclic) bond motifs is 3. The van der Waals surface area contributed by atoms with Crippen molar-refractivity contribution in [1.82, 2.24) is 9.88 Å². The van der Waals surface area contributed by atoms with E-state index < -0.39 is 6.09 Å². The van der Waals surface area contributed by atoms with Crippen LogP contribution in [0.25, 0.3) is 10.9 Å². The van der Waals surface area contributed by atoms with E-state index in [1.165, 1.54) is 5.56 Å². The summed E-state index contributed by atoms with van der Waals surface area (Å²) >= 11 is 0.